The Hall–Kier alpha value is -5.13. The van der Waals surface area contributed by atoms with Crippen molar-refractivity contribution in [2.24, 2.45) is 7.05 Å². The zero-order valence-corrected chi connectivity index (χ0v) is 22.7. The summed E-state index contributed by atoms with van der Waals surface area (Å²) in [5.74, 6) is 2.52. The second-order valence-electron chi connectivity index (χ2n) is 10.4. The minimum absolute atomic E-state index is 0.00545. The van der Waals surface area contributed by atoms with Gasteiger partial charge < -0.3 is 24.4 Å². The number of pyridine rings is 1. The number of aryl methyl sites for hydroxylation is 2. The van der Waals surface area contributed by atoms with Gasteiger partial charge in [-0.1, -0.05) is 6.58 Å². The van der Waals surface area contributed by atoms with E-state index in [9.17, 15) is 4.79 Å². The van der Waals surface area contributed by atoms with E-state index in [0.717, 1.165) is 35.3 Å². The van der Waals surface area contributed by atoms with Crippen LogP contribution in [0.4, 0.5) is 17.5 Å². The number of nitrogens with zero attached hydrogens (tertiary/aromatic N) is 9. The third-order valence-corrected chi connectivity index (χ3v) is 7.75. The monoisotopic (exact) mass is 548 g/mol. The van der Waals surface area contributed by atoms with Crippen LogP contribution in [0.5, 0.6) is 11.5 Å². The minimum atomic E-state index is -0.00545. The number of ether oxygens (including phenoxy) is 1. The fourth-order valence-corrected chi connectivity index (χ4v) is 5.78. The van der Waals surface area contributed by atoms with Crippen LogP contribution >= 0.6 is 0 Å². The van der Waals surface area contributed by atoms with Crippen molar-refractivity contribution >= 4 is 45.6 Å². The number of carbonyl (C=O) groups is 1. The van der Waals surface area contributed by atoms with Gasteiger partial charge in [-0.2, -0.15) is 0 Å². The largest absolute Gasteiger partial charge is 0.455 e. The molecule has 2 saturated heterocycles. The number of aromatic nitrogens is 7. The minimum Gasteiger partial charge on any atom is -0.455 e. The highest BCUT2D eigenvalue weighted by Crippen LogP contribution is 2.33. The molecule has 4 aromatic heterocycles. The lowest BCUT2D eigenvalue weighted by Crippen LogP contribution is -2.55. The Kier molecular flexibility index (Phi) is 5.95. The molecule has 1 amide bonds. The lowest BCUT2D eigenvalue weighted by Gasteiger charge is -2.40. The summed E-state index contributed by atoms with van der Waals surface area (Å²) in [6.45, 7) is 7.01. The molecule has 206 valence electrons. The van der Waals surface area contributed by atoms with Crippen molar-refractivity contribution < 1.29 is 9.53 Å². The van der Waals surface area contributed by atoms with E-state index in [4.69, 9.17) is 9.72 Å². The van der Waals surface area contributed by atoms with E-state index in [1.807, 2.05) is 47.7 Å². The van der Waals surface area contributed by atoms with E-state index < -0.39 is 0 Å². The number of imidazole rings is 1. The van der Waals surface area contributed by atoms with Gasteiger partial charge >= 0.3 is 0 Å². The Bertz CT molecular complexity index is 1800. The summed E-state index contributed by atoms with van der Waals surface area (Å²) >= 11 is 0. The normalized spacial score (nSPS) is 18.2. The van der Waals surface area contributed by atoms with Gasteiger partial charge in [0.1, 0.15) is 34.4 Å². The van der Waals surface area contributed by atoms with Crippen LogP contribution in [0.15, 0.2) is 62.0 Å². The van der Waals surface area contributed by atoms with Gasteiger partial charge in [-0.15, -0.1) is 0 Å². The highest BCUT2D eigenvalue weighted by atomic mass is 16.5. The lowest BCUT2D eigenvalue weighted by molar-refractivity contribution is -0.129. The molecule has 12 nitrogen and oxygen atoms in total. The molecule has 1 aromatic carbocycles. The Morgan fingerprint density at radius 2 is 1.88 bits per heavy atom. The maximum Gasteiger partial charge on any atom is 0.246 e. The predicted molar refractivity (Wildman–Crippen MR) is 154 cm³/mol. The van der Waals surface area contributed by atoms with Crippen LogP contribution in [-0.2, 0) is 11.8 Å². The fraction of sp³-hybridized carbons (Fsp3) is 0.276. The molecular weight excluding hydrogens is 520 g/mol. The number of rotatable bonds is 6. The molecule has 2 atom stereocenters. The number of amides is 1. The summed E-state index contributed by atoms with van der Waals surface area (Å²) < 4.78 is 7.98. The molecular formula is C29H28N10O2. The molecule has 2 bridgehead atoms. The molecule has 0 aliphatic carbocycles. The van der Waals surface area contributed by atoms with Gasteiger partial charge in [0, 0.05) is 31.9 Å². The van der Waals surface area contributed by atoms with Crippen molar-refractivity contribution in [3.05, 3.63) is 67.5 Å². The maximum absolute atomic E-state index is 12.4. The summed E-state index contributed by atoms with van der Waals surface area (Å²) in [6, 6.07) is 7.97. The van der Waals surface area contributed by atoms with Gasteiger partial charge in [0.05, 0.1) is 30.8 Å². The molecule has 2 aliphatic heterocycles. The average molecular weight is 549 g/mol. The van der Waals surface area contributed by atoms with Crippen molar-refractivity contribution in [3.63, 3.8) is 0 Å². The predicted octanol–water partition coefficient (Wildman–Crippen LogP) is 3.91. The molecule has 0 spiro atoms. The first kappa shape index (κ1) is 24.9. The van der Waals surface area contributed by atoms with Gasteiger partial charge in [0.25, 0.3) is 0 Å². The van der Waals surface area contributed by atoms with E-state index in [1.165, 1.54) is 12.4 Å². The van der Waals surface area contributed by atoms with Crippen LogP contribution in [0.2, 0.25) is 0 Å². The first-order valence-corrected chi connectivity index (χ1v) is 13.5. The Balaban J connectivity index is 1.12. The topological polar surface area (TPSA) is 127 Å². The van der Waals surface area contributed by atoms with Crippen molar-refractivity contribution in [2.45, 2.75) is 31.8 Å². The van der Waals surface area contributed by atoms with Crippen LogP contribution in [0, 0.1) is 6.92 Å². The van der Waals surface area contributed by atoms with Crippen molar-refractivity contribution in [2.75, 3.05) is 23.3 Å². The fourth-order valence-electron chi connectivity index (χ4n) is 5.78. The number of nitrogens with one attached hydrogen (secondary N) is 1. The lowest BCUT2D eigenvalue weighted by atomic mass is 10.2. The van der Waals surface area contributed by atoms with Crippen LogP contribution in [0.1, 0.15) is 18.4 Å². The summed E-state index contributed by atoms with van der Waals surface area (Å²) in [5.41, 5.74) is 4.62. The zero-order valence-electron chi connectivity index (χ0n) is 22.7. The SMILES string of the molecule is C=CC(=O)N1C2CCC1CN(c1ncc3ncnc(Nc4ccc(Oc5cnc6c(c5)ncn6C)c(C)c4)c3n1)C2. The van der Waals surface area contributed by atoms with Crippen molar-refractivity contribution in [1.82, 2.24) is 39.4 Å². The van der Waals surface area contributed by atoms with E-state index in [0.29, 0.717) is 47.4 Å². The van der Waals surface area contributed by atoms with E-state index >= 15 is 0 Å². The standard InChI is InChI=1S/C29H28N10O2/c1-4-25(40)39-19-6-7-20(39)14-38(13-19)29-31-12-23-26(36-29)27(33-15-32-23)35-18-5-8-24(17(2)9-18)41-21-10-22-28(30-11-21)37(3)16-34-22/h4-5,8-12,15-16,19-20H,1,6-7,13-14H2,2-3H3,(H,32,33,35). The molecule has 2 unspecified atom stereocenters. The second-order valence-corrected chi connectivity index (χ2v) is 10.4. The number of fused-ring (bicyclic) bond motifs is 4. The van der Waals surface area contributed by atoms with Gasteiger partial charge in [-0.3, -0.25) is 4.79 Å². The molecule has 0 saturated carbocycles. The van der Waals surface area contributed by atoms with E-state index in [-0.39, 0.29) is 18.0 Å². The van der Waals surface area contributed by atoms with Crippen LogP contribution in [-0.4, -0.2) is 70.5 Å². The molecule has 6 heterocycles. The summed E-state index contributed by atoms with van der Waals surface area (Å²) in [5, 5.41) is 3.39. The number of piperazine rings is 1. The average Bonchev–Trinajstić information content (AvgIpc) is 3.48. The Morgan fingerprint density at radius 1 is 1.05 bits per heavy atom. The summed E-state index contributed by atoms with van der Waals surface area (Å²) in [6.07, 6.45) is 9.99. The maximum atomic E-state index is 12.4. The van der Waals surface area contributed by atoms with Crippen molar-refractivity contribution in [3.8, 4) is 11.5 Å². The van der Waals surface area contributed by atoms with Gasteiger partial charge in [0.2, 0.25) is 11.9 Å². The molecule has 12 heteroatoms. The van der Waals surface area contributed by atoms with Crippen LogP contribution in [0.3, 0.4) is 0 Å². The number of hydrogen-bond donors (Lipinski definition) is 1. The molecule has 1 N–H and O–H groups in total. The number of benzene rings is 1. The number of anilines is 3. The molecule has 2 fully saturated rings. The van der Waals surface area contributed by atoms with Crippen molar-refractivity contribution in [1.29, 1.82) is 0 Å². The quantitative estimate of drug-likeness (QED) is 0.312. The first-order chi connectivity index (χ1) is 20.0. The molecule has 2 aliphatic rings. The number of carbonyl (C=O) groups excluding carboxylic acids is 1. The Morgan fingerprint density at radius 3 is 2.66 bits per heavy atom. The van der Waals surface area contributed by atoms with Gasteiger partial charge in [-0.05, 0) is 49.6 Å². The zero-order chi connectivity index (χ0) is 28.1. The third-order valence-electron chi connectivity index (χ3n) is 7.75. The molecule has 41 heavy (non-hydrogen) atoms. The smallest absolute Gasteiger partial charge is 0.246 e. The number of hydrogen-bond acceptors (Lipinski definition) is 10. The highest BCUT2D eigenvalue weighted by Gasteiger charge is 2.42. The third kappa shape index (κ3) is 4.46. The van der Waals surface area contributed by atoms with E-state index in [1.54, 1.807) is 18.7 Å². The molecule has 0 radical (unpaired) electrons. The van der Waals surface area contributed by atoms with Crippen LogP contribution < -0.4 is 15.0 Å². The molecule has 5 aromatic rings. The Labute approximate surface area is 235 Å². The second kappa shape index (κ2) is 9.81. The highest BCUT2D eigenvalue weighted by molar-refractivity contribution is 5.89. The first-order valence-electron chi connectivity index (χ1n) is 13.5. The van der Waals surface area contributed by atoms with Gasteiger partial charge in [-0.25, -0.2) is 29.9 Å². The summed E-state index contributed by atoms with van der Waals surface area (Å²) in [4.78, 5) is 43.6. The van der Waals surface area contributed by atoms with E-state index in [2.05, 4.69) is 41.7 Å². The summed E-state index contributed by atoms with van der Waals surface area (Å²) in [7, 11) is 1.91. The molecule has 7 rings (SSSR count). The van der Waals surface area contributed by atoms with Gasteiger partial charge in [0.15, 0.2) is 11.5 Å². The van der Waals surface area contributed by atoms with Crippen LogP contribution in [0.25, 0.3) is 22.2 Å².